The molecule has 3 nitrogen and oxygen atoms in total. The molecule has 0 unspecified atom stereocenters. The van der Waals surface area contributed by atoms with E-state index in [1.807, 2.05) is 30.3 Å². The number of benzene rings is 1. The lowest BCUT2D eigenvalue weighted by atomic mass is 10.2. The van der Waals surface area contributed by atoms with Gasteiger partial charge < -0.3 is 9.84 Å². The molecule has 1 N–H and O–H groups in total. The van der Waals surface area contributed by atoms with Crippen LogP contribution in [-0.4, -0.2) is 17.2 Å². The van der Waals surface area contributed by atoms with E-state index < -0.39 is 12.1 Å². The number of aliphatic carboxylic acids is 1. The van der Waals surface area contributed by atoms with Crippen molar-refractivity contribution < 1.29 is 14.6 Å². The molecule has 0 aliphatic rings. The fourth-order valence-electron chi connectivity index (χ4n) is 1.13. The monoisotopic (exact) mass is 194 g/mol. The Morgan fingerprint density at radius 1 is 1.43 bits per heavy atom. The zero-order chi connectivity index (χ0) is 10.4. The second-order valence-corrected chi connectivity index (χ2v) is 3.03. The molecule has 1 aromatic carbocycles. The molecule has 1 rings (SSSR count). The molecule has 0 heterocycles. The van der Waals surface area contributed by atoms with Crippen LogP contribution in [0.1, 0.15) is 18.9 Å². The van der Waals surface area contributed by atoms with E-state index in [4.69, 9.17) is 9.84 Å². The quantitative estimate of drug-likeness (QED) is 0.780. The van der Waals surface area contributed by atoms with E-state index in [2.05, 4.69) is 0 Å². The van der Waals surface area contributed by atoms with Gasteiger partial charge in [-0.2, -0.15) is 0 Å². The molecule has 1 aromatic rings. The molecule has 0 aliphatic carbocycles. The molecule has 14 heavy (non-hydrogen) atoms. The third-order valence-corrected chi connectivity index (χ3v) is 1.94. The number of carbonyl (C=O) groups is 1. The van der Waals surface area contributed by atoms with Crippen molar-refractivity contribution in [1.82, 2.24) is 0 Å². The van der Waals surface area contributed by atoms with Crippen LogP contribution >= 0.6 is 0 Å². The van der Waals surface area contributed by atoms with Gasteiger partial charge in [0.05, 0.1) is 6.61 Å². The van der Waals surface area contributed by atoms with Crippen molar-refractivity contribution >= 4 is 5.97 Å². The topological polar surface area (TPSA) is 46.5 Å². The molecule has 1 atom stereocenters. The highest BCUT2D eigenvalue weighted by atomic mass is 16.5. The predicted molar refractivity (Wildman–Crippen MR) is 52.9 cm³/mol. The Bertz CT molecular complexity index is 282. The van der Waals surface area contributed by atoms with Gasteiger partial charge in [0, 0.05) is 0 Å². The number of carboxylic acids is 1. The average molecular weight is 194 g/mol. The largest absolute Gasteiger partial charge is 0.479 e. The van der Waals surface area contributed by atoms with E-state index in [0.717, 1.165) is 5.56 Å². The van der Waals surface area contributed by atoms with Gasteiger partial charge in [0.1, 0.15) is 0 Å². The summed E-state index contributed by atoms with van der Waals surface area (Å²) in [6, 6.07) is 9.54. The summed E-state index contributed by atoms with van der Waals surface area (Å²) >= 11 is 0. The predicted octanol–water partition coefficient (Wildman–Crippen LogP) is 2.07. The van der Waals surface area contributed by atoms with Crippen molar-refractivity contribution in [2.75, 3.05) is 0 Å². The lowest BCUT2D eigenvalue weighted by molar-refractivity contribution is -0.151. The molecule has 76 valence electrons. The fraction of sp³-hybridized carbons (Fsp3) is 0.364. The maximum atomic E-state index is 10.6. The van der Waals surface area contributed by atoms with Gasteiger partial charge in [-0.05, 0) is 12.0 Å². The van der Waals surface area contributed by atoms with Crippen LogP contribution in [0.15, 0.2) is 30.3 Å². The molecule has 0 saturated heterocycles. The number of carboxylic acid groups (broad SMARTS) is 1. The highest BCUT2D eigenvalue weighted by Crippen LogP contribution is 2.05. The summed E-state index contributed by atoms with van der Waals surface area (Å²) < 4.78 is 5.24. The standard InChI is InChI=1S/C11H14O3/c1-2-10(11(12)13)14-8-9-6-4-3-5-7-9/h3-7,10H,2,8H2,1H3,(H,12,13)/t10-/m0/s1. The van der Waals surface area contributed by atoms with Crippen LogP contribution in [0.25, 0.3) is 0 Å². The second-order valence-electron chi connectivity index (χ2n) is 3.03. The molecular formula is C11H14O3. The summed E-state index contributed by atoms with van der Waals surface area (Å²) in [5, 5.41) is 8.73. The molecule has 0 saturated carbocycles. The first-order chi connectivity index (χ1) is 6.74. The Morgan fingerprint density at radius 2 is 2.07 bits per heavy atom. The number of ether oxygens (including phenoxy) is 1. The molecule has 0 amide bonds. The van der Waals surface area contributed by atoms with Crippen molar-refractivity contribution in [2.24, 2.45) is 0 Å². The minimum Gasteiger partial charge on any atom is -0.479 e. The molecule has 0 aliphatic heterocycles. The Kier molecular flexibility index (Phi) is 4.13. The minimum atomic E-state index is -0.900. The van der Waals surface area contributed by atoms with E-state index in [1.54, 1.807) is 6.92 Å². The fourth-order valence-corrected chi connectivity index (χ4v) is 1.13. The summed E-state index contributed by atoms with van der Waals surface area (Å²) in [6.07, 6.45) is -0.211. The maximum Gasteiger partial charge on any atom is 0.332 e. The first-order valence-corrected chi connectivity index (χ1v) is 4.62. The van der Waals surface area contributed by atoms with Crippen LogP contribution in [0.4, 0.5) is 0 Å². The average Bonchev–Trinajstić information content (AvgIpc) is 2.20. The summed E-state index contributed by atoms with van der Waals surface area (Å²) in [7, 11) is 0. The Balaban J connectivity index is 2.44. The van der Waals surface area contributed by atoms with E-state index in [1.165, 1.54) is 0 Å². The SMILES string of the molecule is CC[C@H](OCc1ccccc1)C(=O)O. The number of hydrogen-bond acceptors (Lipinski definition) is 2. The molecule has 0 fully saturated rings. The zero-order valence-electron chi connectivity index (χ0n) is 8.14. The number of hydrogen-bond donors (Lipinski definition) is 1. The van der Waals surface area contributed by atoms with Crippen LogP contribution in [0, 0.1) is 0 Å². The van der Waals surface area contributed by atoms with Gasteiger partial charge in [0.2, 0.25) is 0 Å². The smallest absolute Gasteiger partial charge is 0.332 e. The Labute approximate surface area is 83.3 Å². The molecule has 0 bridgehead atoms. The Morgan fingerprint density at radius 3 is 2.57 bits per heavy atom. The lowest BCUT2D eigenvalue weighted by Gasteiger charge is -2.10. The number of rotatable bonds is 5. The van der Waals surface area contributed by atoms with Crippen molar-refractivity contribution in [1.29, 1.82) is 0 Å². The van der Waals surface area contributed by atoms with Crippen molar-refractivity contribution in [3.05, 3.63) is 35.9 Å². The van der Waals surface area contributed by atoms with Crippen molar-refractivity contribution in [2.45, 2.75) is 26.1 Å². The maximum absolute atomic E-state index is 10.6. The minimum absolute atomic E-state index is 0.353. The molecule has 0 aromatic heterocycles. The van der Waals surface area contributed by atoms with E-state index in [9.17, 15) is 4.79 Å². The van der Waals surface area contributed by atoms with Crippen LogP contribution in [-0.2, 0) is 16.1 Å². The van der Waals surface area contributed by atoms with Gasteiger partial charge in [-0.15, -0.1) is 0 Å². The van der Waals surface area contributed by atoms with Gasteiger partial charge in [0.25, 0.3) is 0 Å². The summed E-state index contributed by atoms with van der Waals surface area (Å²) in [5.74, 6) is -0.900. The van der Waals surface area contributed by atoms with E-state index in [-0.39, 0.29) is 0 Å². The van der Waals surface area contributed by atoms with Gasteiger partial charge in [-0.3, -0.25) is 0 Å². The van der Waals surface area contributed by atoms with Crippen LogP contribution < -0.4 is 0 Å². The third kappa shape index (κ3) is 3.18. The van der Waals surface area contributed by atoms with Gasteiger partial charge in [-0.1, -0.05) is 37.3 Å². The highest BCUT2D eigenvalue weighted by molar-refractivity contribution is 5.72. The van der Waals surface area contributed by atoms with Crippen LogP contribution in [0.3, 0.4) is 0 Å². The van der Waals surface area contributed by atoms with Crippen LogP contribution in [0.5, 0.6) is 0 Å². The summed E-state index contributed by atoms with van der Waals surface area (Å²) in [4.78, 5) is 10.6. The molecular weight excluding hydrogens is 180 g/mol. The van der Waals surface area contributed by atoms with Gasteiger partial charge in [0.15, 0.2) is 6.10 Å². The Hall–Kier alpha value is -1.35. The van der Waals surface area contributed by atoms with E-state index in [0.29, 0.717) is 13.0 Å². The normalized spacial score (nSPS) is 12.4. The van der Waals surface area contributed by atoms with Gasteiger partial charge in [-0.25, -0.2) is 4.79 Å². The summed E-state index contributed by atoms with van der Waals surface area (Å²) in [6.45, 7) is 2.15. The zero-order valence-corrected chi connectivity index (χ0v) is 8.14. The lowest BCUT2D eigenvalue weighted by Crippen LogP contribution is -2.22. The van der Waals surface area contributed by atoms with Crippen molar-refractivity contribution in [3.8, 4) is 0 Å². The summed E-state index contributed by atoms with van der Waals surface area (Å²) in [5.41, 5.74) is 0.993. The van der Waals surface area contributed by atoms with E-state index >= 15 is 0 Å². The second kappa shape index (κ2) is 5.40. The molecule has 0 spiro atoms. The first-order valence-electron chi connectivity index (χ1n) is 4.62. The molecule has 3 heteroatoms. The highest BCUT2D eigenvalue weighted by Gasteiger charge is 2.14. The van der Waals surface area contributed by atoms with Gasteiger partial charge >= 0.3 is 5.97 Å². The van der Waals surface area contributed by atoms with Crippen molar-refractivity contribution in [3.63, 3.8) is 0 Å². The first kappa shape index (κ1) is 10.7. The van der Waals surface area contributed by atoms with Crippen LogP contribution in [0.2, 0.25) is 0 Å². The third-order valence-electron chi connectivity index (χ3n) is 1.94. The molecule has 0 radical (unpaired) electrons.